The molecule has 0 atom stereocenters. The van der Waals surface area contributed by atoms with Gasteiger partial charge in [-0.2, -0.15) is 0 Å². The Morgan fingerprint density at radius 3 is 2.63 bits per heavy atom. The Balaban J connectivity index is 1.66. The Bertz CT molecular complexity index is 715. The van der Waals surface area contributed by atoms with Crippen molar-refractivity contribution in [1.82, 2.24) is 4.98 Å². The summed E-state index contributed by atoms with van der Waals surface area (Å²) in [5.41, 5.74) is 3.42. The van der Waals surface area contributed by atoms with Crippen LogP contribution < -0.4 is 4.90 Å². The summed E-state index contributed by atoms with van der Waals surface area (Å²) in [6, 6.07) is 10.4. The van der Waals surface area contributed by atoms with Crippen LogP contribution >= 0.6 is 21.6 Å². The third kappa shape index (κ3) is 8.41. The van der Waals surface area contributed by atoms with Crippen molar-refractivity contribution in [3.05, 3.63) is 53.9 Å². The number of nitrogens with zero attached hydrogens (tertiary/aromatic N) is 1. The fourth-order valence-electron chi connectivity index (χ4n) is 2.30. The molecular weight excluding hydrogens is 380 g/mol. The predicted molar refractivity (Wildman–Crippen MR) is 116 cm³/mol. The van der Waals surface area contributed by atoms with Crippen LogP contribution in [0.1, 0.15) is 17.5 Å². The highest BCUT2D eigenvalue weighted by atomic mass is 33.1. The van der Waals surface area contributed by atoms with Crippen molar-refractivity contribution in [2.45, 2.75) is 6.42 Å². The van der Waals surface area contributed by atoms with Crippen molar-refractivity contribution in [2.75, 3.05) is 36.6 Å². The Kier molecular flexibility index (Phi) is 9.65. The van der Waals surface area contributed by atoms with E-state index >= 15 is 0 Å². The minimum absolute atomic E-state index is 0.236. The minimum atomic E-state index is -0.236. The number of aldehydes is 1. The van der Waals surface area contributed by atoms with Gasteiger partial charge in [0.2, 0.25) is 0 Å². The zero-order valence-corrected chi connectivity index (χ0v) is 16.9. The molecule has 0 unspecified atom stereocenters. The standard InChI is InChI=1S/C20H24N2O3S2/c1-22(11-2-13-25-20(24)16-27-26-14-12-23)19-7-5-17(6-8-19)3-4-18-9-10-21-15-18/h3-10,12,15,21H,2,11,13-14,16H2,1H3/b4-3+. The predicted octanol–water partition coefficient (Wildman–Crippen LogP) is 4.13. The molecule has 0 spiro atoms. The van der Waals surface area contributed by atoms with Crippen molar-refractivity contribution in [3.8, 4) is 0 Å². The molecule has 0 bridgehead atoms. The molecule has 0 aliphatic rings. The second kappa shape index (κ2) is 12.3. The van der Waals surface area contributed by atoms with E-state index in [9.17, 15) is 9.59 Å². The van der Waals surface area contributed by atoms with Crippen molar-refractivity contribution in [1.29, 1.82) is 0 Å². The van der Waals surface area contributed by atoms with Crippen LogP contribution in [0.4, 0.5) is 5.69 Å². The van der Waals surface area contributed by atoms with E-state index in [2.05, 4.69) is 46.3 Å². The molecule has 0 fully saturated rings. The fraction of sp³-hybridized carbons (Fsp3) is 0.300. The molecule has 0 aliphatic heterocycles. The van der Waals surface area contributed by atoms with E-state index < -0.39 is 0 Å². The maximum Gasteiger partial charge on any atom is 0.316 e. The molecule has 0 radical (unpaired) electrons. The van der Waals surface area contributed by atoms with Gasteiger partial charge in [0.05, 0.1) is 12.4 Å². The summed E-state index contributed by atoms with van der Waals surface area (Å²) in [7, 11) is 4.73. The van der Waals surface area contributed by atoms with Gasteiger partial charge < -0.3 is 19.4 Å². The largest absolute Gasteiger partial charge is 0.465 e. The molecule has 0 aliphatic carbocycles. The zero-order valence-electron chi connectivity index (χ0n) is 15.3. The Hall–Kier alpha value is -2.12. The van der Waals surface area contributed by atoms with Gasteiger partial charge in [0.15, 0.2) is 0 Å². The summed E-state index contributed by atoms with van der Waals surface area (Å²) in [5.74, 6) is 0.426. The first-order chi connectivity index (χ1) is 13.2. The number of carbonyl (C=O) groups excluding carboxylic acids is 2. The highest BCUT2D eigenvalue weighted by molar-refractivity contribution is 8.77. The van der Waals surface area contributed by atoms with Crippen molar-refractivity contribution >= 4 is 51.7 Å². The van der Waals surface area contributed by atoms with Crippen LogP contribution in [0, 0.1) is 0 Å². The molecule has 1 aromatic heterocycles. The normalized spacial score (nSPS) is 10.9. The number of benzene rings is 1. The summed E-state index contributed by atoms with van der Waals surface area (Å²) >= 11 is 0. The number of aromatic nitrogens is 1. The summed E-state index contributed by atoms with van der Waals surface area (Å²) < 4.78 is 5.20. The first-order valence-corrected chi connectivity index (χ1v) is 11.1. The van der Waals surface area contributed by atoms with E-state index in [1.54, 1.807) is 0 Å². The van der Waals surface area contributed by atoms with Gasteiger partial charge in [-0.1, -0.05) is 45.9 Å². The molecule has 7 heteroatoms. The maximum atomic E-state index is 11.5. The van der Waals surface area contributed by atoms with Gasteiger partial charge in [0.25, 0.3) is 0 Å². The van der Waals surface area contributed by atoms with E-state index in [-0.39, 0.29) is 11.7 Å². The second-order valence-electron chi connectivity index (χ2n) is 5.78. The van der Waals surface area contributed by atoms with E-state index in [0.29, 0.717) is 12.4 Å². The third-order valence-electron chi connectivity index (χ3n) is 3.72. The van der Waals surface area contributed by atoms with Gasteiger partial charge in [0, 0.05) is 31.7 Å². The monoisotopic (exact) mass is 404 g/mol. The smallest absolute Gasteiger partial charge is 0.316 e. The third-order valence-corrected chi connectivity index (χ3v) is 5.78. The van der Waals surface area contributed by atoms with E-state index in [4.69, 9.17) is 4.74 Å². The molecule has 0 saturated carbocycles. The number of hydrogen-bond donors (Lipinski definition) is 1. The van der Waals surface area contributed by atoms with Gasteiger partial charge in [-0.15, -0.1) is 0 Å². The average molecular weight is 405 g/mol. The summed E-state index contributed by atoms with van der Waals surface area (Å²) in [4.78, 5) is 26.9. The van der Waals surface area contributed by atoms with Crippen LogP contribution in [0.15, 0.2) is 42.7 Å². The summed E-state index contributed by atoms with van der Waals surface area (Å²) in [6.07, 6.45) is 9.60. The lowest BCUT2D eigenvalue weighted by molar-refractivity contribution is -0.140. The van der Waals surface area contributed by atoms with Crippen LogP contribution in [0.5, 0.6) is 0 Å². The number of hydrogen-bond acceptors (Lipinski definition) is 6. The SMILES string of the molecule is CN(CCCOC(=O)CSSCC=O)c1ccc(/C=C/c2cc[nH]c2)cc1. The molecule has 0 saturated heterocycles. The highest BCUT2D eigenvalue weighted by Gasteiger charge is 2.05. The molecule has 1 heterocycles. The fourth-order valence-corrected chi connectivity index (χ4v) is 3.71. The molecule has 2 rings (SSSR count). The summed E-state index contributed by atoms with van der Waals surface area (Å²) in [6.45, 7) is 1.21. The van der Waals surface area contributed by atoms with Gasteiger partial charge in [-0.25, -0.2) is 0 Å². The van der Waals surface area contributed by atoms with E-state index in [0.717, 1.165) is 36.1 Å². The van der Waals surface area contributed by atoms with E-state index in [1.165, 1.54) is 21.6 Å². The van der Waals surface area contributed by atoms with Crippen molar-refractivity contribution in [2.24, 2.45) is 0 Å². The van der Waals surface area contributed by atoms with Crippen LogP contribution in [0.3, 0.4) is 0 Å². The molecule has 1 N–H and O–H groups in total. The Morgan fingerprint density at radius 2 is 1.93 bits per heavy atom. The highest BCUT2D eigenvalue weighted by Crippen LogP contribution is 2.19. The number of esters is 1. The number of ether oxygens (including phenoxy) is 1. The maximum absolute atomic E-state index is 11.5. The van der Waals surface area contributed by atoms with Gasteiger partial charge in [0.1, 0.15) is 12.0 Å². The topological polar surface area (TPSA) is 62.4 Å². The van der Waals surface area contributed by atoms with Gasteiger partial charge in [-0.05, 0) is 35.7 Å². The number of carbonyl (C=O) groups is 2. The van der Waals surface area contributed by atoms with Gasteiger partial charge in [-0.3, -0.25) is 4.79 Å². The quantitative estimate of drug-likeness (QED) is 0.248. The number of aromatic amines is 1. The molecule has 5 nitrogen and oxygen atoms in total. The molecule has 1 aromatic carbocycles. The zero-order chi connectivity index (χ0) is 19.3. The molecule has 27 heavy (non-hydrogen) atoms. The van der Waals surface area contributed by atoms with Crippen molar-refractivity contribution < 1.29 is 14.3 Å². The minimum Gasteiger partial charge on any atom is -0.465 e. The first kappa shape index (κ1) is 21.2. The van der Waals surface area contributed by atoms with Crippen molar-refractivity contribution in [3.63, 3.8) is 0 Å². The summed E-state index contributed by atoms with van der Waals surface area (Å²) in [5, 5.41) is 0. The lowest BCUT2D eigenvalue weighted by atomic mass is 10.1. The number of rotatable bonds is 12. The van der Waals surface area contributed by atoms with Crippen LogP contribution in [-0.2, 0) is 14.3 Å². The molecular formula is C20H24N2O3S2. The number of H-pyrrole nitrogens is 1. The molecule has 2 aromatic rings. The first-order valence-electron chi connectivity index (χ1n) is 8.65. The second-order valence-corrected chi connectivity index (χ2v) is 8.29. The lowest BCUT2D eigenvalue weighted by Gasteiger charge is -2.19. The average Bonchev–Trinajstić information content (AvgIpc) is 3.21. The Morgan fingerprint density at radius 1 is 1.15 bits per heavy atom. The molecule has 144 valence electrons. The number of anilines is 1. The van der Waals surface area contributed by atoms with Crippen LogP contribution in [0.25, 0.3) is 12.2 Å². The number of nitrogens with one attached hydrogen (secondary N) is 1. The van der Waals surface area contributed by atoms with Crippen LogP contribution in [0.2, 0.25) is 0 Å². The lowest BCUT2D eigenvalue weighted by Crippen LogP contribution is -2.20. The molecule has 0 amide bonds. The van der Waals surface area contributed by atoms with E-state index in [1.807, 2.05) is 25.5 Å². The van der Waals surface area contributed by atoms with Crippen LogP contribution in [-0.4, -0.2) is 48.9 Å². The Labute approximate surface area is 168 Å². The van der Waals surface area contributed by atoms with Gasteiger partial charge >= 0.3 is 5.97 Å².